The fourth-order valence-corrected chi connectivity index (χ4v) is 3.27. The van der Waals surface area contributed by atoms with E-state index in [0.717, 1.165) is 11.4 Å². The molecule has 0 atom stereocenters. The number of hydrogen-bond donors (Lipinski definition) is 1. The van der Waals surface area contributed by atoms with Crippen molar-refractivity contribution in [2.45, 2.75) is 13.8 Å². The summed E-state index contributed by atoms with van der Waals surface area (Å²) in [7, 11) is 1.63. The summed E-state index contributed by atoms with van der Waals surface area (Å²) in [5.74, 6) is -0.206. The normalized spacial score (nSPS) is 14.5. The van der Waals surface area contributed by atoms with E-state index >= 15 is 0 Å². The van der Waals surface area contributed by atoms with Crippen molar-refractivity contribution in [3.8, 4) is 5.75 Å². The van der Waals surface area contributed by atoms with Crippen LogP contribution in [0, 0.1) is 11.2 Å². The molecule has 1 fully saturated rings. The fraction of sp³-hybridized carbons (Fsp3) is 0.364. The van der Waals surface area contributed by atoms with Gasteiger partial charge in [0.1, 0.15) is 17.0 Å². The number of benzene rings is 2. The van der Waals surface area contributed by atoms with E-state index in [1.165, 1.54) is 24.3 Å². The third-order valence-electron chi connectivity index (χ3n) is 5.21. The quantitative estimate of drug-likeness (QED) is 0.785. The minimum Gasteiger partial charge on any atom is -0.497 e. The van der Waals surface area contributed by atoms with Gasteiger partial charge in [-0.2, -0.15) is 0 Å². The number of nitrogens with one attached hydrogen (secondary N) is 1. The molecule has 1 aliphatic heterocycles. The van der Waals surface area contributed by atoms with E-state index in [9.17, 15) is 14.0 Å². The van der Waals surface area contributed by atoms with Crippen LogP contribution < -0.4 is 15.0 Å². The molecule has 2 aromatic carbocycles. The van der Waals surface area contributed by atoms with Crippen LogP contribution in [0.1, 0.15) is 13.8 Å². The Morgan fingerprint density at radius 1 is 0.966 bits per heavy atom. The van der Waals surface area contributed by atoms with E-state index in [0.29, 0.717) is 31.9 Å². The molecule has 0 saturated carbocycles. The van der Waals surface area contributed by atoms with Crippen LogP contribution in [0.15, 0.2) is 48.5 Å². The second-order valence-corrected chi connectivity index (χ2v) is 7.56. The molecule has 3 rings (SSSR count). The SMILES string of the molecule is COc1ccc(N2CCN(C(=O)C(C)(C)C(=O)Nc3ccc(F)cc3)CC2)cc1. The average molecular weight is 399 g/mol. The number of hydrogen-bond acceptors (Lipinski definition) is 4. The highest BCUT2D eigenvalue weighted by Gasteiger charge is 2.40. The van der Waals surface area contributed by atoms with Crippen LogP contribution in [0.25, 0.3) is 0 Å². The lowest BCUT2D eigenvalue weighted by Crippen LogP contribution is -2.54. The number of amides is 2. The summed E-state index contributed by atoms with van der Waals surface area (Å²) in [6.45, 7) is 5.69. The molecule has 1 heterocycles. The zero-order valence-corrected chi connectivity index (χ0v) is 16.9. The van der Waals surface area contributed by atoms with E-state index in [1.54, 1.807) is 25.9 Å². The predicted octanol–water partition coefficient (Wildman–Crippen LogP) is 3.15. The largest absolute Gasteiger partial charge is 0.497 e. The lowest BCUT2D eigenvalue weighted by molar-refractivity contribution is -0.146. The Kier molecular flexibility index (Phi) is 6.06. The van der Waals surface area contributed by atoms with E-state index in [-0.39, 0.29) is 11.7 Å². The lowest BCUT2D eigenvalue weighted by atomic mass is 9.89. The van der Waals surface area contributed by atoms with Gasteiger partial charge >= 0.3 is 0 Å². The summed E-state index contributed by atoms with van der Waals surface area (Å²) < 4.78 is 18.2. The molecular weight excluding hydrogens is 373 g/mol. The number of nitrogens with zero attached hydrogens (tertiary/aromatic N) is 2. The summed E-state index contributed by atoms with van der Waals surface area (Å²) in [6.07, 6.45) is 0. The number of piperazine rings is 1. The van der Waals surface area contributed by atoms with Crippen molar-refractivity contribution >= 4 is 23.2 Å². The highest BCUT2D eigenvalue weighted by molar-refractivity contribution is 6.09. The van der Waals surface area contributed by atoms with Gasteiger partial charge in [-0.05, 0) is 62.4 Å². The highest BCUT2D eigenvalue weighted by atomic mass is 19.1. The van der Waals surface area contributed by atoms with Crippen molar-refractivity contribution in [1.82, 2.24) is 4.90 Å². The summed E-state index contributed by atoms with van der Waals surface area (Å²) in [6, 6.07) is 13.3. The second kappa shape index (κ2) is 8.51. The van der Waals surface area contributed by atoms with Gasteiger partial charge in [-0.15, -0.1) is 0 Å². The van der Waals surface area contributed by atoms with Crippen molar-refractivity contribution in [2.75, 3.05) is 43.5 Å². The Balaban J connectivity index is 1.59. The van der Waals surface area contributed by atoms with Gasteiger partial charge in [0.15, 0.2) is 0 Å². The molecule has 2 amide bonds. The van der Waals surface area contributed by atoms with Crippen LogP contribution in [0.3, 0.4) is 0 Å². The van der Waals surface area contributed by atoms with Gasteiger partial charge in [0.05, 0.1) is 7.11 Å². The van der Waals surface area contributed by atoms with E-state index in [2.05, 4.69) is 10.2 Å². The smallest absolute Gasteiger partial charge is 0.239 e. The average Bonchev–Trinajstić information content (AvgIpc) is 2.75. The minimum atomic E-state index is -1.23. The Hall–Kier alpha value is -3.09. The molecule has 0 bridgehead atoms. The highest BCUT2D eigenvalue weighted by Crippen LogP contribution is 2.25. The molecule has 1 N–H and O–H groups in total. The van der Waals surface area contributed by atoms with Gasteiger partial charge in [0, 0.05) is 37.6 Å². The van der Waals surface area contributed by atoms with Gasteiger partial charge in [-0.3, -0.25) is 9.59 Å². The maximum atomic E-state index is 13.0. The molecule has 0 aromatic heterocycles. The monoisotopic (exact) mass is 399 g/mol. The van der Waals surface area contributed by atoms with E-state index in [1.807, 2.05) is 24.3 Å². The molecule has 1 aliphatic rings. The van der Waals surface area contributed by atoms with Gasteiger partial charge in [0.25, 0.3) is 0 Å². The minimum absolute atomic E-state index is 0.216. The third-order valence-corrected chi connectivity index (χ3v) is 5.21. The first-order valence-corrected chi connectivity index (χ1v) is 9.56. The number of carbonyl (C=O) groups is 2. The molecular formula is C22H26FN3O3. The maximum absolute atomic E-state index is 13.0. The van der Waals surface area contributed by atoms with Crippen LogP contribution in [0.4, 0.5) is 15.8 Å². The number of methoxy groups -OCH3 is 1. The Morgan fingerprint density at radius 2 is 1.55 bits per heavy atom. The summed E-state index contributed by atoms with van der Waals surface area (Å²) in [5.41, 5.74) is 0.309. The zero-order chi connectivity index (χ0) is 21.0. The number of carbonyl (C=O) groups excluding carboxylic acids is 2. The van der Waals surface area contributed by atoms with Crippen LogP contribution in [0.5, 0.6) is 5.75 Å². The van der Waals surface area contributed by atoms with E-state index < -0.39 is 11.3 Å². The number of rotatable bonds is 5. The van der Waals surface area contributed by atoms with E-state index in [4.69, 9.17) is 4.74 Å². The van der Waals surface area contributed by atoms with Crippen LogP contribution in [0.2, 0.25) is 0 Å². The Labute approximate surface area is 170 Å². The first kappa shape index (κ1) is 20.6. The summed E-state index contributed by atoms with van der Waals surface area (Å²) in [4.78, 5) is 29.6. The first-order valence-electron chi connectivity index (χ1n) is 9.56. The molecule has 7 heteroatoms. The Morgan fingerprint density at radius 3 is 2.10 bits per heavy atom. The fourth-order valence-electron chi connectivity index (χ4n) is 3.27. The van der Waals surface area contributed by atoms with Crippen molar-refractivity contribution in [3.05, 3.63) is 54.3 Å². The van der Waals surface area contributed by atoms with Crippen molar-refractivity contribution in [2.24, 2.45) is 5.41 Å². The predicted molar refractivity (Wildman–Crippen MR) is 111 cm³/mol. The number of anilines is 2. The van der Waals surface area contributed by atoms with Crippen LogP contribution in [-0.2, 0) is 9.59 Å². The van der Waals surface area contributed by atoms with Crippen molar-refractivity contribution < 1.29 is 18.7 Å². The molecule has 2 aromatic rings. The summed E-state index contributed by atoms with van der Waals surface area (Å²) >= 11 is 0. The molecule has 1 saturated heterocycles. The van der Waals surface area contributed by atoms with Crippen LogP contribution in [-0.4, -0.2) is 50.0 Å². The standard InChI is InChI=1S/C22H26FN3O3/c1-22(2,20(27)24-17-6-4-16(23)5-7-17)21(28)26-14-12-25(13-15-26)18-8-10-19(29-3)11-9-18/h4-11H,12-15H2,1-3H3,(H,24,27). The molecule has 0 aliphatic carbocycles. The maximum Gasteiger partial charge on any atom is 0.239 e. The lowest BCUT2D eigenvalue weighted by Gasteiger charge is -2.39. The molecule has 29 heavy (non-hydrogen) atoms. The summed E-state index contributed by atoms with van der Waals surface area (Å²) in [5, 5.41) is 2.70. The topological polar surface area (TPSA) is 61.9 Å². The van der Waals surface area contributed by atoms with Crippen molar-refractivity contribution in [1.29, 1.82) is 0 Å². The molecule has 0 radical (unpaired) electrons. The molecule has 154 valence electrons. The number of halogens is 1. The van der Waals surface area contributed by atoms with Crippen LogP contribution >= 0.6 is 0 Å². The Bertz CT molecular complexity index is 858. The third kappa shape index (κ3) is 4.67. The first-order chi connectivity index (χ1) is 13.8. The van der Waals surface area contributed by atoms with Gasteiger partial charge in [-0.1, -0.05) is 0 Å². The van der Waals surface area contributed by atoms with Gasteiger partial charge in [0.2, 0.25) is 11.8 Å². The zero-order valence-electron chi connectivity index (χ0n) is 16.9. The van der Waals surface area contributed by atoms with Crippen molar-refractivity contribution in [3.63, 3.8) is 0 Å². The number of ether oxygens (including phenoxy) is 1. The molecule has 0 unspecified atom stereocenters. The molecule has 6 nitrogen and oxygen atoms in total. The van der Waals surface area contributed by atoms with Gasteiger partial charge < -0.3 is 19.9 Å². The second-order valence-electron chi connectivity index (χ2n) is 7.56. The van der Waals surface area contributed by atoms with Gasteiger partial charge in [-0.25, -0.2) is 4.39 Å². The molecule has 0 spiro atoms.